The van der Waals surface area contributed by atoms with Gasteiger partial charge in [0.1, 0.15) is 11.6 Å². The van der Waals surface area contributed by atoms with Crippen LogP contribution in [0.25, 0.3) is 11.4 Å². The number of nitrogens with two attached hydrogens (primary N) is 1. The van der Waals surface area contributed by atoms with Gasteiger partial charge in [0.15, 0.2) is 5.82 Å². The third-order valence-corrected chi connectivity index (χ3v) is 5.19. The lowest BCUT2D eigenvalue weighted by atomic mass is 9.77. The normalized spacial score (nSPS) is 20.1. The summed E-state index contributed by atoms with van der Waals surface area (Å²) in [7, 11) is 1.31. The van der Waals surface area contributed by atoms with Crippen LogP contribution in [-0.2, 0) is 14.3 Å². The lowest BCUT2D eigenvalue weighted by molar-refractivity contribution is -0.147. The Labute approximate surface area is 180 Å². The Kier molecular flexibility index (Phi) is 7.33. The van der Waals surface area contributed by atoms with Gasteiger partial charge in [-0.1, -0.05) is 0 Å². The number of ether oxygens (including phenoxy) is 2. The number of nitrogens with one attached hydrogen (secondary N) is 2. The minimum atomic E-state index is -0.862. The van der Waals surface area contributed by atoms with Gasteiger partial charge in [-0.2, -0.15) is 0 Å². The van der Waals surface area contributed by atoms with Crippen LogP contribution in [0.5, 0.6) is 5.75 Å². The Morgan fingerprint density at radius 3 is 2.50 bits per heavy atom. The highest BCUT2D eigenvalue weighted by atomic mass is 35.5. The zero-order chi connectivity index (χ0) is 21.0. The van der Waals surface area contributed by atoms with Gasteiger partial charge in [-0.25, -0.2) is 9.97 Å². The summed E-state index contributed by atoms with van der Waals surface area (Å²) in [5.41, 5.74) is 5.80. The molecule has 1 fully saturated rings. The largest absolute Gasteiger partial charge is 0.493 e. The van der Waals surface area contributed by atoms with Crippen molar-refractivity contribution in [3.8, 4) is 17.1 Å². The molecule has 0 radical (unpaired) electrons. The molecule has 2 heterocycles. The quantitative estimate of drug-likeness (QED) is 0.341. The van der Waals surface area contributed by atoms with Gasteiger partial charge in [-0.15, -0.1) is 12.4 Å². The van der Waals surface area contributed by atoms with Crippen LogP contribution in [0.15, 0.2) is 36.7 Å². The highest BCUT2D eigenvalue weighted by Crippen LogP contribution is 2.36. The van der Waals surface area contributed by atoms with E-state index in [1.807, 2.05) is 12.1 Å². The summed E-state index contributed by atoms with van der Waals surface area (Å²) in [4.78, 5) is 32.3. The van der Waals surface area contributed by atoms with Gasteiger partial charge in [0.25, 0.3) is 0 Å². The molecular weight excluding hydrogens is 410 g/mol. The molecular formula is C20H24ClN5O4. The van der Waals surface area contributed by atoms with E-state index in [0.29, 0.717) is 23.7 Å². The molecule has 0 aliphatic carbocycles. The van der Waals surface area contributed by atoms with Crippen LogP contribution >= 0.6 is 12.4 Å². The van der Waals surface area contributed by atoms with E-state index in [-0.39, 0.29) is 43.1 Å². The molecule has 160 valence electrons. The molecule has 1 saturated heterocycles. The first-order chi connectivity index (χ1) is 13.8. The predicted molar refractivity (Wildman–Crippen MR) is 112 cm³/mol. The zero-order valence-corrected chi connectivity index (χ0v) is 17.5. The monoisotopic (exact) mass is 433 g/mol. The van der Waals surface area contributed by atoms with Crippen LogP contribution in [0, 0.1) is 16.7 Å². The Morgan fingerprint density at radius 1 is 1.30 bits per heavy atom. The molecule has 4 N–H and O–H groups in total. The van der Waals surface area contributed by atoms with Crippen LogP contribution < -0.4 is 15.8 Å². The van der Waals surface area contributed by atoms with Crippen molar-refractivity contribution >= 4 is 30.1 Å². The van der Waals surface area contributed by atoms with Crippen molar-refractivity contribution in [3.63, 3.8) is 0 Å². The molecule has 1 aromatic heterocycles. The number of nitrogen functional groups attached to an aromatic ring is 1. The molecule has 0 saturated carbocycles. The van der Waals surface area contributed by atoms with Gasteiger partial charge >= 0.3 is 5.97 Å². The fraction of sp³-hybridized carbons (Fsp3) is 0.350. The average Bonchev–Trinajstić information content (AvgIpc) is 3.00. The van der Waals surface area contributed by atoms with Crippen LogP contribution in [0.2, 0.25) is 0 Å². The number of carbonyl (C=O) groups is 2. The SMILES string of the molecule is COC(=O)C[C@@]1(C)C(=O)NC[C@@H]1COc1ccc(-c2ncc(C(=N)N)cn2)cc1.Cl. The molecule has 9 nitrogen and oxygen atoms in total. The first-order valence-corrected chi connectivity index (χ1v) is 9.08. The van der Waals surface area contributed by atoms with Crippen molar-refractivity contribution in [2.45, 2.75) is 13.3 Å². The van der Waals surface area contributed by atoms with Crippen LogP contribution in [0.4, 0.5) is 0 Å². The van der Waals surface area contributed by atoms with Crippen molar-refractivity contribution in [2.24, 2.45) is 17.1 Å². The summed E-state index contributed by atoms with van der Waals surface area (Å²) in [6.45, 7) is 2.49. The fourth-order valence-electron chi connectivity index (χ4n) is 3.18. The third kappa shape index (κ3) is 4.85. The van der Waals surface area contributed by atoms with Crippen molar-refractivity contribution in [1.29, 1.82) is 5.41 Å². The van der Waals surface area contributed by atoms with Gasteiger partial charge in [0.05, 0.1) is 31.1 Å². The summed E-state index contributed by atoms with van der Waals surface area (Å²) in [6, 6.07) is 7.23. The minimum Gasteiger partial charge on any atom is -0.493 e. The van der Waals surface area contributed by atoms with E-state index in [9.17, 15) is 9.59 Å². The van der Waals surface area contributed by atoms with Crippen LogP contribution in [0.1, 0.15) is 18.9 Å². The van der Waals surface area contributed by atoms with Gasteiger partial charge in [0.2, 0.25) is 5.91 Å². The minimum absolute atomic E-state index is 0. The molecule has 2 aromatic rings. The Hall–Kier alpha value is -3.20. The fourth-order valence-corrected chi connectivity index (χ4v) is 3.18. The lowest BCUT2D eigenvalue weighted by Crippen LogP contribution is -2.37. The van der Waals surface area contributed by atoms with E-state index in [0.717, 1.165) is 5.56 Å². The van der Waals surface area contributed by atoms with Crippen molar-refractivity contribution < 1.29 is 19.1 Å². The first kappa shape index (κ1) is 23.1. The number of benzene rings is 1. The number of aromatic nitrogens is 2. The number of nitrogens with zero attached hydrogens (tertiary/aromatic N) is 2. The Bertz CT molecular complexity index is 920. The van der Waals surface area contributed by atoms with Crippen molar-refractivity contribution in [3.05, 3.63) is 42.2 Å². The summed E-state index contributed by atoms with van der Waals surface area (Å²) < 4.78 is 10.6. The maximum absolute atomic E-state index is 12.2. The number of hydrogen-bond acceptors (Lipinski definition) is 7. The Morgan fingerprint density at radius 2 is 1.93 bits per heavy atom. The highest BCUT2D eigenvalue weighted by Gasteiger charge is 2.48. The maximum atomic E-state index is 12.2. The molecule has 30 heavy (non-hydrogen) atoms. The molecule has 2 atom stereocenters. The summed E-state index contributed by atoms with van der Waals surface area (Å²) in [5.74, 6) is 0.315. The topological polar surface area (TPSA) is 140 Å². The molecule has 1 aliphatic heterocycles. The number of amides is 1. The van der Waals surface area contributed by atoms with E-state index in [4.69, 9.17) is 20.6 Å². The molecule has 1 aromatic carbocycles. The van der Waals surface area contributed by atoms with Crippen LogP contribution in [-0.4, -0.2) is 47.9 Å². The predicted octanol–water partition coefficient (Wildman–Crippen LogP) is 1.54. The number of hydrogen-bond donors (Lipinski definition) is 3. The standard InChI is InChI=1S/C20H23N5O4.ClH/c1-20(7-16(26)28-2)14(10-25-19(20)27)11-29-15-5-3-12(4-6-15)18-23-8-13(9-24-18)17(21)22;/h3-6,8-9,14H,7,10-11H2,1-2H3,(H3,21,22)(H,25,27);1H/t14-,20-;/m1./s1. The highest BCUT2D eigenvalue weighted by molar-refractivity contribution is 5.94. The second-order valence-electron chi connectivity index (χ2n) is 7.12. The average molecular weight is 434 g/mol. The third-order valence-electron chi connectivity index (χ3n) is 5.19. The van der Waals surface area contributed by atoms with E-state index in [1.54, 1.807) is 19.1 Å². The number of carbonyl (C=O) groups excluding carboxylic acids is 2. The second-order valence-corrected chi connectivity index (χ2v) is 7.12. The molecule has 0 spiro atoms. The summed E-state index contributed by atoms with van der Waals surface area (Å²) in [6.07, 6.45) is 3.01. The van der Waals surface area contributed by atoms with Gasteiger partial charge in [-0.05, 0) is 31.2 Å². The van der Waals surface area contributed by atoms with E-state index in [2.05, 4.69) is 15.3 Å². The summed E-state index contributed by atoms with van der Waals surface area (Å²) in [5, 5.41) is 10.2. The molecule has 0 bridgehead atoms. The number of methoxy groups -OCH3 is 1. The number of esters is 1. The van der Waals surface area contributed by atoms with Gasteiger partial charge in [0, 0.05) is 30.4 Å². The summed E-state index contributed by atoms with van der Waals surface area (Å²) >= 11 is 0. The van der Waals surface area contributed by atoms with Crippen LogP contribution in [0.3, 0.4) is 0 Å². The molecule has 1 amide bonds. The smallest absolute Gasteiger partial charge is 0.306 e. The maximum Gasteiger partial charge on any atom is 0.306 e. The second kappa shape index (κ2) is 9.53. The first-order valence-electron chi connectivity index (χ1n) is 9.08. The number of halogens is 1. The van der Waals surface area contributed by atoms with Crippen molar-refractivity contribution in [1.82, 2.24) is 15.3 Å². The molecule has 0 unspecified atom stereocenters. The molecule has 10 heteroatoms. The molecule has 3 rings (SSSR count). The van der Waals surface area contributed by atoms with Gasteiger partial charge < -0.3 is 20.5 Å². The van der Waals surface area contributed by atoms with E-state index < -0.39 is 11.4 Å². The lowest BCUT2D eigenvalue weighted by Gasteiger charge is -2.27. The van der Waals surface area contributed by atoms with E-state index in [1.165, 1.54) is 19.5 Å². The Balaban J connectivity index is 0.00000320. The zero-order valence-electron chi connectivity index (χ0n) is 16.7. The van der Waals surface area contributed by atoms with Crippen molar-refractivity contribution in [2.75, 3.05) is 20.3 Å². The van der Waals surface area contributed by atoms with Gasteiger partial charge in [-0.3, -0.25) is 15.0 Å². The van der Waals surface area contributed by atoms with E-state index >= 15 is 0 Å². The molecule has 1 aliphatic rings. The number of amidine groups is 1. The number of rotatable bonds is 7.